The van der Waals surface area contributed by atoms with Crippen LogP contribution in [0.4, 0.5) is 5.82 Å². The summed E-state index contributed by atoms with van der Waals surface area (Å²) in [5, 5.41) is 3.56. The molecular formula is C16H27N3. The average molecular weight is 261 g/mol. The average Bonchev–Trinajstić information content (AvgIpc) is 2.66. The number of hydrogen-bond donors (Lipinski definition) is 1. The largest absolute Gasteiger partial charge is 0.356 e. The minimum absolute atomic E-state index is 0.136. The van der Waals surface area contributed by atoms with Crippen molar-refractivity contribution in [1.82, 2.24) is 10.3 Å². The van der Waals surface area contributed by atoms with Gasteiger partial charge in [-0.15, -0.1) is 0 Å². The van der Waals surface area contributed by atoms with Gasteiger partial charge in [0.1, 0.15) is 5.82 Å². The number of hydrogen-bond acceptors (Lipinski definition) is 3. The van der Waals surface area contributed by atoms with Gasteiger partial charge >= 0.3 is 0 Å². The second kappa shape index (κ2) is 5.12. The van der Waals surface area contributed by atoms with Crippen LogP contribution in [0.5, 0.6) is 0 Å². The molecule has 2 heterocycles. The third-order valence-corrected chi connectivity index (χ3v) is 3.65. The van der Waals surface area contributed by atoms with Gasteiger partial charge in [0.05, 0.1) is 0 Å². The molecule has 1 N–H and O–H groups in total. The number of rotatable bonds is 3. The highest BCUT2D eigenvalue weighted by atomic mass is 15.2. The summed E-state index contributed by atoms with van der Waals surface area (Å²) in [5.74, 6) is 1.16. The standard InChI is InChI=1S/C16H27N3/c1-15(2,3)18-11-13-7-6-9-17-14(13)19-10-8-16(4,5)12-19/h6-7,9,18H,8,10-12H2,1-5H3. The Bertz CT molecular complexity index is 432. The van der Waals surface area contributed by atoms with E-state index in [2.05, 4.69) is 55.9 Å². The van der Waals surface area contributed by atoms with Crippen LogP contribution in [-0.2, 0) is 6.54 Å². The smallest absolute Gasteiger partial charge is 0.133 e. The van der Waals surface area contributed by atoms with Crippen LogP contribution in [-0.4, -0.2) is 23.6 Å². The van der Waals surface area contributed by atoms with Crippen LogP contribution >= 0.6 is 0 Å². The zero-order chi connectivity index (χ0) is 14.1. The fraction of sp³-hybridized carbons (Fsp3) is 0.688. The lowest BCUT2D eigenvalue weighted by Crippen LogP contribution is -2.36. The van der Waals surface area contributed by atoms with E-state index in [4.69, 9.17) is 0 Å². The second-order valence-corrected chi connectivity index (χ2v) is 7.43. The normalized spacial score (nSPS) is 18.9. The van der Waals surface area contributed by atoms with E-state index < -0.39 is 0 Å². The lowest BCUT2D eigenvalue weighted by molar-refractivity contribution is 0.416. The van der Waals surface area contributed by atoms with Gasteiger partial charge in [0.15, 0.2) is 0 Å². The van der Waals surface area contributed by atoms with Gasteiger partial charge in [0.25, 0.3) is 0 Å². The van der Waals surface area contributed by atoms with Crippen LogP contribution in [0.15, 0.2) is 18.3 Å². The van der Waals surface area contributed by atoms with Crippen molar-refractivity contribution in [2.75, 3.05) is 18.0 Å². The van der Waals surface area contributed by atoms with Gasteiger partial charge in [-0.1, -0.05) is 19.9 Å². The van der Waals surface area contributed by atoms with Crippen LogP contribution in [0, 0.1) is 5.41 Å². The molecule has 1 aromatic heterocycles. The second-order valence-electron chi connectivity index (χ2n) is 7.43. The Balaban J connectivity index is 2.13. The van der Waals surface area contributed by atoms with Gasteiger partial charge in [-0.3, -0.25) is 0 Å². The third-order valence-electron chi connectivity index (χ3n) is 3.65. The van der Waals surface area contributed by atoms with E-state index in [0.717, 1.165) is 25.5 Å². The topological polar surface area (TPSA) is 28.2 Å². The minimum atomic E-state index is 0.136. The van der Waals surface area contributed by atoms with Crippen molar-refractivity contribution in [3.63, 3.8) is 0 Å². The first kappa shape index (κ1) is 14.3. The Morgan fingerprint density at radius 2 is 2.11 bits per heavy atom. The van der Waals surface area contributed by atoms with Crippen LogP contribution in [0.1, 0.15) is 46.6 Å². The first-order valence-electron chi connectivity index (χ1n) is 7.21. The summed E-state index contributed by atoms with van der Waals surface area (Å²) in [4.78, 5) is 7.04. The van der Waals surface area contributed by atoms with E-state index >= 15 is 0 Å². The van der Waals surface area contributed by atoms with Crippen LogP contribution in [0.2, 0.25) is 0 Å². The number of aromatic nitrogens is 1. The summed E-state index contributed by atoms with van der Waals surface area (Å²) in [6.45, 7) is 14.4. The molecule has 1 saturated heterocycles. The highest BCUT2D eigenvalue weighted by Crippen LogP contribution is 2.32. The molecule has 0 bridgehead atoms. The van der Waals surface area contributed by atoms with Gasteiger partial charge < -0.3 is 10.2 Å². The molecule has 0 amide bonds. The van der Waals surface area contributed by atoms with Crippen molar-refractivity contribution in [2.45, 2.75) is 53.1 Å². The van der Waals surface area contributed by atoms with Crippen LogP contribution in [0.3, 0.4) is 0 Å². The maximum Gasteiger partial charge on any atom is 0.133 e. The molecule has 3 heteroatoms. The van der Waals surface area contributed by atoms with Gasteiger partial charge in [-0.05, 0) is 38.7 Å². The first-order valence-corrected chi connectivity index (χ1v) is 7.21. The molecule has 19 heavy (non-hydrogen) atoms. The molecule has 2 rings (SSSR count). The van der Waals surface area contributed by atoms with Gasteiger partial charge in [-0.25, -0.2) is 4.98 Å². The van der Waals surface area contributed by atoms with E-state index in [9.17, 15) is 0 Å². The molecule has 0 atom stereocenters. The van der Waals surface area contributed by atoms with E-state index in [1.54, 1.807) is 0 Å². The Hall–Kier alpha value is -1.09. The molecule has 0 radical (unpaired) electrons. The Morgan fingerprint density at radius 3 is 2.68 bits per heavy atom. The maximum atomic E-state index is 4.61. The first-order chi connectivity index (χ1) is 8.77. The number of nitrogens with one attached hydrogen (secondary N) is 1. The van der Waals surface area contributed by atoms with Crippen LogP contribution < -0.4 is 10.2 Å². The van der Waals surface area contributed by atoms with Crippen molar-refractivity contribution in [2.24, 2.45) is 5.41 Å². The molecular weight excluding hydrogens is 234 g/mol. The number of anilines is 1. The molecule has 3 nitrogen and oxygen atoms in total. The predicted octanol–water partition coefficient (Wildman–Crippen LogP) is 3.21. The SMILES string of the molecule is CC1(C)CCN(c2ncccc2CNC(C)(C)C)C1. The Morgan fingerprint density at radius 1 is 1.37 bits per heavy atom. The predicted molar refractivity (Wildman–Crippen MR) is 81.4 cm³/mol. The minimum Gasteiger partial charge on any atom is -0.356 e. The van der Waals surface area contributed by atoms with Crippen LogP contribution in [0.25, 0.3) is 0 Å². The van der Waals surface area contributed by atoms with Crippen molar-refractivity contribution in [3.8, 4) is 0 Å². The monoisotopic (exact) mass is 261 g/mol. The molecule has 1 aromatic rings. The third kappa shape index (κ3) is 3.93. The molecule has 1 aliphatic heterocycles. The molecule has 0 unspecified atom stereocenters. The Labute approximate surface area is 117 Å². The number of nitrogens with zero attached hydrogens (tertiary/aromatic N) is 2. The van der Waals surface area contributed by atoms with Crippen molar-refractivity contribution in [1.29, 1.82) is 0 Å². The summed E-state index contributed by atoms with van der Waals surface area (Å²) in [6, 6.07) is 4.22. The highest BCUT2D eigenvalue weighted by molar-refractivity contribution is 5.48. The van der Waals surface area contributed by atoms with E-state index in [-0.39, 0.29) is 5.54 Å². The molecule has 0 aromatic carbocycles. The van der Waals surface area contributed by atoms with E-state index in [1.807, 2.05) is 12.3 Å². The molecule has 0 saturated carbocycles. The van der Waals surface area contributed by atoms with Crippen molar-refractivity contribution in [3.05, 3.63) is 23.9 Å². The summed E-state index contributed by atoms with van der Waals surface area (Å²) >= 11 is 0. The zero-order valence-electron chi connectivity index (χ0n) is 13.0. The van der Waals surface area contributed by atoms with Gasteiger partial charge in [0.2, 0.25) is 0 Å². The maximum absolute atomic E-state index is 4.61. The molecule has 1 aliphatic rings. The molecule has 0 aliphatic carbocycles. The summed E-state index contributed by atoms with van der Waals surface area (Å²) < 4.78 is 0. The molecule has 106 valence electrons. The summed E-state index contributed by atoms with van der Waals surface area (Å²) in [7, 11) is 0. The van der Waals surface area contributed by atoms with E-state index in [0.29, 0.717) is 5.41 Å². The Kier molecular flexibility index (Phi) is 3.86. The van der Waals surface area contributed by atoms with Gasteiger partial charge in [0, 0.05) is 36.9 Å². The lowest BCUT2D eigenvalue weighted by atomic mass is 9.93. The van der Waals surface area contributed by atoms with Gasteiger partial charge in [-0.2, -0.15) is 0 Å². The summed E-state index contributed by atoms with van der Waals surface area (Å²) in [6.07, 6.45) is 3.15. The number of pyridine rings is 1. The van der Waals surface area contributed by atoms with E-state index in [1.165, 1.54) is 12.0 Å². The molecule has 1 fully saturated rings. The zero-order valence-corrected chi connectivity index (χ0v) is 13.0. The highest BCUT2D eigenvalue weighted by Gasteiger charge is 2.30. The fourth-order valence-corrected chi connectivity index (χ4v) is 2.51. The lowest BCUT2D eigenvalue weighted by Gasteiger charge is -2.25. The molecule has 0 spiro atoms. The quantitative estimate of drug-likeness (QED) is 0.905. The van der Waals surface area contributed by atoms with Crippen molar-refractivity contribution >= 4 is 5.82 Å². The summed E-state index contributed by atoms with van der Waals surface area (Å²) in [5.41, 5.74) is 1.85. The van der Waals surface area contributed by atoms with Crippen molar-refractivity contribution < 1.29 is 0 Å². The fourth-order valence-electron chi connectivity index (χ4n) is 2.51.